The predicted octanol–water partition coefficient (Wildman–Crippen LogP) is 4.14. The molecule has 2 N–H and O–H groups in total. The highest BCUT2D eigenvalue weighted by molar-refractivity contribution is 7.92. The van der Waals surface area contributed by atoms with Gasteiger partial charge in [0.25, 0.3) is 5.91 Å². The number of nitrogens with one attached hydrogen (secondary N) is 1. The molecule has 3 heterocycles. The van der Waals surface area contributed by atoms with E-state index in [0.29, 0.717) is 22.1 Å². The minimum atomic E-state index is -3.99. The van der Waals surface area contributed by atoms with Gasteiger partial charge in [0, 0.05) is 28.4 Å². The van der Waals surface area contributed by atoms with Crippen molar-refractivity contribution in [2.24, 2.45) is 0 Å². The number of carbonyl (C=O) groups excluding carboxylic acids is 2. The molecular weight excluding hydrogens is 582 g/mol. The van der Waals surface area contributed by atoms with E-state index in [-0.39, 0.29) is 30.8 Å². The first-order valence-corrected chi connectivity index (χ1v) is 15.4. The molecule has 1 saturated heterocycles. The molecule has 220 valence electrons. The second-order valence-electron chi connectivity index (χ2n) is 9.74. The van der Waals surface area contributed by atoms with Crippen molar-refractivity contribution < 1.29 is 37.1 Å². The summed E-state index contributed by atoms with van der Waals surface area (Å²) in [5, 5.41) is 9.36. The zero-order valence-corrected chi connectivity index (χ0v) is 24.5. The van der Waals surface area contributed by atoms with Gasteiger partial charge in [-0.3, -0.25) is 14.8 Å². The number of aromatic nitrogens is 1. The maximum absolute atomic E-state index is 14.0. The third-order valence-electron chi connectivity index (χ3n) is 7.45. The maximum Gasteiger partial charge on any atom is 0.257 e. The summed E-state index contributed by atoms with van der Waals surface area (Å²) in [4.78, 5) is 32.8. The standard InChI is InChI=1S/C29H29N3O8S2/c1-38-21-7-8-23(39-2)22(15-21)28(34)32-12-11-29(16-27(33)31-35,42(36,37)14-13-32)26-10-9-25(41-26)20-5-3-19(4-6-20)24-17-30-18-40-24/h3-10,15,17-18,35H,11-14,16H2,1-2H3,(H,31,33). The molecule has 4 aromatic rings. The van der Waals surface area contributed by atoms with Gasteiger partial charge in [0.15, 0.2) is 22.0 Å². The van der Waals surface area contributed by atoms with Gasteiger partial charge in [-0.2, -0.15) is 0 Å². The average molecular weight is 612 g/mol. The van der Waals surface area contributed by atoms with E-state index < -0.39 is 32.8 Å². The second-order valence-corrected chi connectivity index (χ2v) is 13.2. The Balaban J connectivity index is 1.48. The molecule has 0 spiro atoms. The van der Waals surface area contributed by atoms with E-state index in [4.69, 9.17) is 13.9 Å². The van der Waals surface area contributed by atoms with Crippen molar-refractivity contribution in [2.75, 3.05) is 33.1 Å². The van der Waals surface area contributed by atoms with Gasteiger partial charge >= 0.3 is 0 Å². The lowest BCUT2D eigenvalue weighted by Gasteiger charge is -2.30. The molecule has 13 heteroatoms. The third kappa shape index (κ3) is 5.50. The molecule has 2 amide bonds. The van der Waals surface area contributed by atoms with Gasteiger partial charge < -0.3 is 18.8 Å². The first-order valence-electron chi connectivity index (χ1n) is 13.0. The summed E-state index contributed by atoms with van der Waals surface area (Å²) in [6, 6.07) is 15.9. The van der Waals surface area contributed by atoms with Crippen molar-refractivity contribution in [1.29, 1.82) is 0 Å². The van der Waals surface area contributed by atoms with Crippen LogP contribution in [0.5, 0.6) is 11.5 Å². The van der Waals surface area contributed by atoms with Crippen LogP contribution in [0.2, 0.25) is 0 Å². The third-order valence-corrected chi connectivity index (χ3v) is 11.4. The van der Waals surface area contributed by atoms with Crippen LogP contribution in [0.1, 0.15) is 28.1 Å². The number of amides is 2. The van der Waals surface area contributed by atoms with E-state index in [2.05, 4.69) is 4.98 Å². The molecule has 1 atom stereocenters. The number of hydrogen-bond donors (Lipinski definition) is 2. The van der Waals surface area contributed by atoms with Gasteiger partial charge in [-0.25, -0.2) is 18.9 Å². The second kappa shape index (κ2) is 12.0. The number of carbonyl (C=O) groups is 2. The lowest BCUT2D eigenvalue weighted by Crippen LogP contribution is -2.41. The van der Waals surface area contributed by atoms with Crippen LogP contribution in [0.3, 0.4) is 0 Å². The van der Waals surface area contributed by atoms with Gasteiger partial charge in [-0.1, -0.05) is 24.3 Å². The van der Waals surface area contributed by atoms with E-state index >= 15 is 0 Å². The molecule has 1 unspecified atom stereocenters. The molecule has 1 fully saturated rings. The Morgan fingerprint density at radius 2 is 1.83 bits per heavy atom. The number of sulfone groups is 1. The molecule has 42 heavy (non-hydrogen) atoms. The average Bonchev–Trinajstić information content (AvgIpc) is 3.71. The molecular formula is C29H29N3O8S2. The maximum atomic E-state index is 14.0. The summed E-state index contributed by atoms with van der Waals surface area (Å²) in [6.07, 6.45) is 2.42. The quantitative estimate of drug-likeness (QED) is 0.222. The number of nitrogens with zero attached hydrogens (tertiary/aromatic N) is 2. The van der Waals surface area contributed by atoms with E-state index in [1.807, 2.05) is 30.3 Å². The highest BCUT2D eigenvalue weighted by Gasteiger charge is 2.50. The van der Waals surface area contributed by atoms with Crippen molar-refractivity contribution in [1.82, 2.24) is 15.4 Å². The first kappa shape index (κ1) is 29.3. The number of oxazole rings is 1. The lowest BCUT2D eigenvalue weighted by atomic mass is 9.97. The van der Waals surface area contributed by atoms with Crippen LogP contribution in [0.4, 0.5) is 0 Å². The zero-order chi connectivity index (χ0) is 29.9. The van der Waals surface area contributed by atoms with Crippen LogP contribution in [0.15, 0.2) is 71.6 Å². The Morgan fingerprint density at radius 3 is 2.50 bits per heavy atom. The summed E-state index contributed by atoms with van der Waals surface area (Å²) < 4.78 is 42.3. The van der Waals surface area contributed by atoms with Crippen LogP contribution in [-0.4, -0.2) is 68.4 Å². The number of hydrogen-bond acceptors (Lipinski definition) is 10. The molecule has 2 aromatic carbocycles. The van der Waals surface area contributed by atoms with Crippen molar-refractivity contribution >= 4 is 33.0 Å². The van der Waals surface area contributed by atoms with Crippen LogP contribution in [0, 0.1) is 0 Å². The lowest BCUT2D eigenvalue weighted by molar-refractivity contribution is -0.129. The van der Waals surface area contributed by atoms with Crippen LogP contribution < -0.4 is 15.0 Å². The molecule has 2 aromatic heterocycles. The normalized spacial score (nSPS) is 18.2. The van der Waals surface area contributed by atoms with Crippen LogP contribution >= 0.6 is 11.3 Å². The number of hydroxylamine groups is 1. The fraction of sp³-hybridized carbons (Fsp3) is 0.276. The smallest absolute Gasteiger partial charge is 0.257 e. The Labute approximate surface area is 246 Å². The number of methoxy groups -OCH3 is 2. The van der Waals surface area contributed by atoms with Gasteiger partial charge in [0.1, 0.15) is 16.2 Å². The summed E-state index contributed by atoms with van der Waals surface area (Å²) in [5.74, 6) is -0.214. The topological polar surface area (TPSA) is 148 Å². The summed E-state index contributed by atoms with van der Waals surface area (Å²) in [6.45, 7) is -0.0262. The molecule has 0 bridgehead atoms. The van der Waals surface area contributed by atoms with Crippen LogP contribution in [-0.2, 0) is 19.4 Å². The Bertz CT molecular complexity index is 1680. The molecule has 11 nitrogen and oxygen atoms in total. The Hall–Kier alpha value is -4.20. The fourth-order valence-corrected chi connectivity index (χ4v) is 8.73. The summed E-state index contributed by atoms with van der Waals surface area (Å²) in [7, 11) is -1.07. The minimum Gasteiger partial charge on any atom is -0.497 e. The largest absolute Gasteiger partial charge is 0.497 e. The molecule has 5 rings (SSSR count). The van der Waals surface area contributed by atoms with Gasteiger partial charge in [-0.05, 0) is 42.3 Å². The highest BCUT2D eigenvalue weighted by atomic mass is 32.2. The molecule has 1 aliphatic heterocycles. The SMILES string of the molecule is COc1ccc(OC)c(C(=O)N2CCC(CC(=O)NO)(c3ccc(-c4ccc(-c5cnco5)cc4)s3)S(=O)(=O)CC2)c1. The van der Waals surface area contributed by atoms with Crippen LogP contribution in [0.25, 0.3) is 21.8 Å². The molecule has 0 radical (unpaired) electrons. The minimum absolute atomic E-state index is 0.0504. The summed E-state index contributed by atoms with van der Waals surface area (Å²) >= 11 is 1.26. The number of thiophene rings is 1. The predicted molar refractivity (Wildman–Crippen MR) is 155 cm³/mol. The van der Waals surface area contributed by atoms with E-state index in [9.17, 15) is 23.2 Å². The first-order chi connectivity index (χ1) is 20.2. The number of rotatable bonds is 8. The summed E-state index contributed by atoms with van der Waals surface area (Å²) in [5.41, 5.74) is 3.52. The van der Waals surface area contributed by atoms with E-state index in [0.717, 1.165) is 16.0 Å². The van der Waals surface area contributed by atoms with Gasteiger partial charge in [0.05, 0.1) is 38.2 Å². The fourth-order valence-electron chi connectivity index (χ4n) is 5.12. The highest BCUT2D eigenvalue weighted by Crippen LogP contribution is 2.45. The van der Waals surface area contributed by atoms with Crippen molar-refractivity contribution in [3.63, 3.8) is 0 Å². The van der Waals surface area contributed by atoms with E-state index in [1.165, 1.54) is 36.8 Å². The number of ether oxygens (including phenoxy) is 2. The van der Waals surface area contributed by atoms with Crippen molar-refractivity contribution in [2.45, 2.75) is 17.6 Å². The zero-order valence-electron chi connectivity index (χ0n) is 22.9. The van der Waals surface area contributed by atoms with Gasteiger partial charge in [-0.15, -0.1) is 11.3 Å². The number of benzene rings is 2. The van der Waals surface area contributed by atoms with Crippen molar-refractivity contribution in [3.05, 3.63) is 77.6 Å². The molecule has 0 saturated carbocycles. The Kier molecular flexibility index (Phi) is 8.34. The monoisotopic (exact) mass is 611 g/mol. The molecule has 1 aliphatic rings. The van der Waals surface area contributed by atoms with Gasteiger partial charge in [0.2, 0.25) is 5.91 Å². The Morgan fingerprint density at radius 1 is 1.07 bits per heavy atom. The molecule has 0 aliphatic carbocycles. The van der Waals surface area contributed by atoms with E-state index in [1.54, 1.807) is 35.9 Å². The van der Waals surface area contributed by atoms with Crippen molar-refractivity contribution in [3.8, 4) is 33.3 Å².